The topological polar surface area (TPSA) is 80.6 Å². The van der Waals surface area contributed by atoms with Crippen molar-refractivity contribution in [3.05, 3.63) is 53.6 Å². The highest BCUT2D eigenvalue weighted by molar-refractivity contribution is 6.10. The van der Waals surface area contributed by atoms with E-state index >= 15 is 0 Å². The van der Waals surface area contributed by atoms with Crippen molar-refractivity contribution in [3.8, 4) is 23.3 Å². The first-order chi connectivity index (χ1) is 14.1. The van der Waals surface area contributed by atoms with E-state index in [1.165, 1.54) is 6.08 Å². The number of para-hydroxylation sites is 2. The molecule has 0 spiro atoms. The van der Waals surface area contributed by atoms with E-state index in [0.717, 1.165) is 12.8 Å². The number of benzene rings is 2. The van der Waals surface area contributed by atoms with Crippen LogP contribution in [0.15, 0.2) is 48.0 Å². The number of hydrogen-bond acceptors (Lipinski definition) is 5. The van der Waals surface area contributed by atoms with Crippen LogP contribution in [-0.4, -0.2) is 26.2 Å². The first kappa shape index (κ1) is 21.8. The minimum Gasteiger partial charge on any atom is -0.493 e. The number of ether oxygens (including phenoxy) is 3. The first-order valence-electron chi connectivity index (χ1n) is 9.58. The van der Waals surface area contributed by atoms with Gasteiger partial charge in [-0.15, -0.1) is 0 Å². The van der Waals surface area contributed by atoms with Crippen molar-refractivity contribution in [1.29, 1.82) is 5.26 Å². The number of unbranched alkanes of at least 4 members (excludes halogenated alkanes) is 1. The molecule has 1 amide bonds. The van der Waals surface area contributed by atoms with E-state index < -0.39 is 5.91 Å². The Hall–Kier alpha value is -3.46. The zero-order chi connectivity index (χ0) is 21.1. The number of methoxy groups -OCH3 is 1. The molecule has 0 saturated heterocycles. The fraction of sp³-hybridized carbons (Fsp3) is 0.304. The molecule has 0 saturated carbocycles. The SMILES string of the molecule is CCCCOc1ccc(/C=C(/C#N)C(=O)Nc2ccccc2OCC)cc1OC. The van der Waals surface area contributed by atoms with Gasteiger partial charge < -0.3 is 19.5 Å². The normalized spacial score (nSPS) is 10.8. The molecule has 6 nitrogen and oxygen atoms in total. The monoisotopic (exact) mass is 394 g/mol. The highest BCUT2D eigenvalue weighted by Gasteiger charge is 2.13. The predicted molar refractivity (Wildman–Crippen MR) is 113 cm³/mol. The minimum atomic E-state index is -0.512. The number of amides is 1. The van der Waals surface area contributed by atoms with Crippen molar-refractivity contribution in [2.45, 2.75) is 26.7 Å². The van der Waals surface area contributed by atoms with E-state index in [1.54, 1.807) is 43.5 Å². The highest BCUT2D eigenvalue weighted by Crippen LogP contribution is 2.29. The molecule has 2 aromatic carbocycles. The lowest BCUT2D eigenvalue weighted by Crippen LogP contribution is -2.14. The van der Waals surface area contributed by atoms with Crippen LogP contribution in [0.4, 0.5) is 5.69 Å². The van der Waals surface area contributed by atoms with E-state index in [9.17, 15) is 10.1 Å². The standard InChI is InChI=1S/C23H26N2O4/c1-4-6-13-29-21-12-11-17(15-22(21)27-3)14-18(16-24)23(26)25-19-9-7-8-10-20(19)28-5-2/h7-12,14-15H,4-6,13H2,1-3H3,(H,25,26)/b18-14-. The van der Waals surface area contributed by atoms with Crippen molar-refractivity contribution in [2.75, 3.05) is 25.6 Å². The third kappa shape index (κ3) is 6.28. The van der Waals surface area contributed by atoms with Gasteiger partial charge in [-0.25, -0.2) is 0 Å². The molecule has 0 aliphatic heterocycles. The average Bonchev–Trinajstić information content (AvgIpc) is 2.74. The zero-order valence-corrected chi connectivity index (χ0v) is 17.0. The van der Waals surface area contributed by atoms with Gasteiger partial charge in [-0.1, -0.05) is 31.5 Å². The summed E-state index contributed by atoms with van der Waals surface area (Å²) in [5.74, 6) is 1.22. The Morgan fingerprint density at radius 3 is 2.59 bits per heavy atom. The molecule has 0 heterocycles. The molecule has 152 valence electrons. The second-order valence-electron chi connectivity index (χ2n) is 6.17. The summed E-state index contributed by atoms with van der Waals surface area (Å²) in [4.78, 5) is 12.6. The van der Waals surface area contributed by atoms with Crippen LogP contribution in [-0.2, 0) is 4.79 Å². The van der Waals surface area contributed by atoms with Crippen molar-refractivity contribution in [1.82, 2.24) is 0 Å². The minimum absolute atomic E-state index is 0.0296. The van der Waals surface area contributed by atoms with Crippen LogP contribution >= 0.6 is 0 Å². The van der Waals surface area contributed by atoms with Crippen LogP contribution in [0.3, 0.4) is 0 Å². The molecular formula is C23H26N2O4. The molecule has 0 aliphatic rings. The van der Waals surface area contributed by atoms with Crippen molar-refractivity contribution in [2.24, 2.45) is 0 Å². The molecule has 2 rings (SSSR count). The maximum absolute atomic E-state index is 12.6. The van der Waals surface area contributed by atoms with Gasteiger partial charge in [0.2, 0.25) is 0 Å². The van der Waals surface area contributed by atoms with E-state index in [0.29, 0.717) is 41.7 Å². The molecule has 2 aromatic rings. The lowest BCUT2D eigenvalue weighted by Gasteiger charge is -2.12. The molecule has 1 N–H and O–H groups in total. The van der Waals surface area contributed by atoms with Gasteiger partial charge in [-0.3, -0.25) is 4.79 Å². The maximum atomic E-state index is 12.6. The van der Waals surface area contributed by atoms with Crippen LogP contribution < -0.4 is 19.5 Å². The second kappa shape index (κ2) is 11.4. The summed E-state index contributed by atoms with van der Waals surface area (Å²) in [5, 5.41) is 12.2. The number of nitriles is 1. The zero-order valence-electron chi connectivity index (χ0n) is 17.0. The van der Waals surface area contributed by atoms with Crippen molar-refractivity contribution in [3.63, 3.8) is 0 Å². The molecule has 0 aliphatic carbocycles. The maximum Gasteiger partial charge on any atom is 0.266 e. The van der Waals surface area contributed by atoms with Crippen LogP contribution in [0.5, 0.6) is 17.2 Å². The van der Waals surface area contributed by atoms with E-state index in [2.05, 4.69) is 12.2 Å². The summed E-state index contributed by atoms with van der Waals surface area (Å²) in [5.41, 5.74) is 1.14. The van der Waals surface area contributed by atoms with Crippen LogP contribution in [0.2, 0.25) is 0 Å². The van der Waals surface area contributed by atoms with Crippen molar-refractivity contribution >= 4 is 17.7 Å². The fourth-order valence-corrected chi connectivity index (χ4v) is 2.58. The van der Waals surface area contributed by atoms with Gasteiger partial charge in [-0.05, 0) is 49.2 Å². The van der Waals surface area contributed by atoms with Gasteiger partial charge >= 0.3 is 0 Å². The number of hydrogen-bond donors (Lipinski definition) is 1. The third-order valence-electron chi connectivity index (χ3n) is 4.05. The number of nitrogens with zero attached hydrogens (tertiary/aromatic N) is 1. The Kier molecular flexibility index (Phi) is 8.58. The molecule has 0 unspecified atom stereocenters. The summed E-state index contributed by atoms with van der Waals surface area (Å²) < 4.78 is 16.6. The van der Waals surface area contributed by atoms with Crippen LogP contribution in [0, 0.1) is 11.3 Å². The third-order valence-corrected chi connectivity index (χ3v) is 4.05. The molecule has 0 bridgehead atoms. The van der Waals surface area contributed by atoms with Gasteiger partial charge in [0, 0.05) is 0 Å². The fourth-order valence-electron chi connectivity index (χ4n) is 2.58. The first-order valence-corrected chi connectivity index (χ1v) is 9.58. The van der Waals surface area contributed by atoms with Crippen LogP contribution in [0.25, 0.3) is 6.08 Å². The largest absolute Gasteiger partial charge is 0.493 e. The lowest BCUT2D eigenvalue weighted by atomic mass is 10.1. The molecule has 29 heavy (non-hydrogen) atoms. The van der Waals surface area contributed by atoms with E-state index in [-0.39, 0.29) is 5.57 Å². The number of carbonyl (C=O) groups is 1. The summed E-state index contributed by atoms with van der Waals surface area (Å²) >= 11 is 0. The van der Waals surface area contributed by atoms with Gasteiger partial charge in [0.25, 0.3) is 5.91 Å². The summed E-state index contributed by atoms with van der Waals surface area (Å²) in [6.45, 7) is 5.03. The Bertz CT molecular complexity index is 900. The molecular weight excluding hydrogens is 368 g/mol. The average molecular weight is 394 g/mol. The molecule has 0 atom stereocenters. The number of anilines is 1. The number of carbonyl (C=O) groups excluding carboxylic acids is 1. The van der Waals surface area contributed by atoms with Crippen LogP contribution in [0.1, 0.15) is 32.3 Å². The smallest absolute Gasteiger partial charge is 0.266 e. The highest BCUT2D eigenvalue weighted by atomic mass is 16.5. The van der Waals surface area contributed by atoms with Gasteiger partial charge in [0.1, 0.15) is 17.4 Å². The Morgan fingerprint density at radius 1 is 1.10 bits per heavy atom. The predicted octanol–water partition coefficient (Wildman–Crippen LogP) is 4.82. The molecule has 6 heteroatoms. The number of nitrogens with one attached hydrogen (secondary N) is 1. The Balaban J connectivity index is 2.20. The Labute approximate surface area is 171 Å². The Morgan fingerprint density at radius 2 is 1.90 bits per heavy atom. The van der Waals surface area contributed by atoms with E-state index in [4.69, 9.17) is 14.2 Å². The van der Waals surface area contributed by atoms with E-state index in [1.807, 2.05) is 19.1 Å². The van der Waals surface area contributed by atoms with Gasteiger partial charge in [-0.2, -0.15) is 5.26 Å². The second-order valence-corrected chi connectivity index (χ2v) is 6.17. The lowest BCUT2D eigenvalue weighted by molar-refractivity contribution is -0.112. The quantitative estimate of drug-likeness (QED) is 0.355. The van der Waals surface area contributed by atoms with Gasteiger partial charge in [0.15, 0.2) is 11.5 Å². The van der Waals surface area contributed by atoms with Gasteiger partial charge in [0.05, 0.1) is 26.0 Å². The number of rotatable bonds is 10. The summed E-state index contributed by atoms with van der Waals surface area (Å²) in [7, 11) is 1.55. The molecule has 0 radical (unpaired) electrons. The summed E-state index contributed by atoms with van der Waals surface area (Å²) in [6.07, 6.45) is 3.50. The molecule has 0 aromatic heterocycles. The molecule has 0 fully saturated rings. The summed E-state index contributed by atoms with van der Waals surface area (Å²) in [6, 6.07) is 14.3. The van der Waals surface area contributed by atoms with Crippen molar-refractivity contribution < 1.29 is 19.0 Å².